The largest absolute Gasteiger partial charge is 0.466 e. The van der Waals surface area contributed by atoms with Crippen LogP contribution >= 0.6 is 11.3 Å². The normalized spacial score (nSPS) is 16.4. The first-order chi connectivity index (χ1) is 12.1. The highest BCUT2D eigenvalue weighted by Crippen LogP contribution is 2.32. The number of carbonyl (C=O) groups excluding carboxylic acids is 1. The second kappa shape index (κ2) is 6.34. The monoisotopic (exact) mass is 361 g/mol. The summed E-state index contributed by atoms with van der Waals surface area (Å²) >= 11 is 1.19. The van der Waals surface area contributed by atoms with Gasteiger partial charge in [0.05, 0.1) is 20.4 Å². The van der Waals surface area contributed by atoms with E-state index in [1.807, 2.05) is 23.1 Å². The van der Waals surface area contributed by atoms with Gasteiger partial charge in [-0.25, -0.2) is 9.79 Å². The summed E-state index contributed by atoms with van der Waals surface area (Å²) in [6.45, 7) is 1.76. The number of benzene rings is 1. The lowest BCUT2D eigenvalue weighted by atomic mass is 10.2. The predicted molar refractivity (Wildman–Crippen MR) is 88.8 cm³/mol. The molecule has 0 spiro atoms. The van der Waals surface area contributed by atoms with E-state index >= 15 is 0 Å². The van der Waals surface area contributed by atoms with Gasteiger partial charge in [0, 0.05) is 12.6 Å². The molecule has 0 fully saturated rings. The third-order valence-electron chi connectivity index (χ3n) is 3.93. The van der Waals surface area contributed by atoms with Gasteiger partial charge in [-0.3, -0.25) is 14.3 Å². The van der Waals surface area contributed by atoms with E-state index in [1.165, 1.54) is 24.5 Å². The number of nitrogens with zero attached hydrogens (tertiary/aromatic N) is 3. The van der Waals surface area contributed by atoms with Crippen molar-refractivity contribution in [3.05, 3.63) is 43.5 Å². The van der Waals surface area contributed by atoms with Gasteiger partial charge in [0.1, 0.15) is 4.53 Å². The van der Waals surface area contributed by atoms with Crippen molar-refractivity contribution in [2.75, 3.05) is 20.6 Å². The number of hydrogen-bond donors (Lipinski definition) is 0. The Morgan fingerprint density at radius 2 is 2.24 bits per heavy atom. The molecule has 0 saturated heterocycles. The summed E-state index contributed by atoms with van der Waals surface area (Å²) in [4.78, 5) is 30.9. The highest BCUT2D eigenvalue weighted by atomic mass is 32.1. The maximum absolute atomic E-state index is 12.4. The Kier molecular flexibility index (Phi) is 4.02. The minimum Gasteiger partial charge on any atom is -0.466 e. The number of esters is 1. The molecular weight excluding hydrogens is 346 g/mol. The maximum atomic E-state index is 12.4. The van der Waals surface area contributed by atoms with Crippen LogP contribution in [0.4, 0.5) is 0 Å². The molecule has 0 radical (unpaired) electrons. The molecule has 130 valence electrons. The van der Waals surface area contributed by atoms with Crippen LogP contribution in [0.2, 0.25) is 0 Å². The Bertz CT molecular complexity index is 1010. The molecule has 8 nitrogen and oxygen atoms in total. The van der Waals surface area contributed by atoms with Gasteiger partial charge in [-0.1, -0.05) is 17.4 Å². The van der Waals surface area contributed by atoms with E-state index in [0.29, 0.717) is 29.2 Å². The Hall–Kier alpha value is -2.65. The minimum absolute atomic E-state index is 0.232. The van der Waals surface area contributed by atoms with Gasteiger partial charge >= 0.3 is 5.97 Å². The molecule has 2 aliphatic heterocycles. The molecule has 0 N–H and O–H groups in total. The van der Waals surface area contributed by atoms with Crippen molar-refractivity contribution in [3.8, 4) is 11.5 Å². The average molecular weight is 361 g/mol. The summed E-state index contributed by atoms with van der Waals surface area (Å²) in [6, 6.07) is 5.78. The fraction of sp³-hybridized carbons (Fsp3) is 0.312. The van der Waals surface area contributed by atoms with Crippen LogP contribution in [0.5, 0.6) is 11.5 Å². The lowest BCUT2D eigenvalue weighted by Crippen LogP contribution is -2.42. The van der Waals surface area contributed by atoms with Gasteiger partial charge in [-0.2, -0.15) is 0 Å². The van der Waals surface area contributed by atoms with Crippen molar-refractivity contribution in [3.63, 3.8) is 0 Å². The van der Waals surface area contributed by atoms with E-state index in [4.69, 9.17) is 9.47 Å². The fourth-order valence-corrected chi connectivity index (χ4v) is 3.64. The lowest BCUT2D eigenvalue weighted by molar-refractivity contribution is -0.133. The Balaban J connectivity index is 1.56. The molecule has 3 heterocycles. The van der Waals surface area contributed by atoms with Crippen LogP contribution in [0.25, 0.3) is 6.08 Å². The third kappa shape index (κ3) is 3.03. The number of hydrogen-bond acceptors (Lipinski definition) is 8. The van der Waals surface area contributed by atoms with Crippen LogP contribution in [0.1, 0.15) is 5.56 Å². The van der Waals surface area contributed by atoms with Gasteiger partial charge in [-0.05, 0) is 17.7 Å². The Labute approximate surface area is 146 Å². The summed E-state index contributed by atoms with van der Waals surface area (Å²) in [5.41, 5.74) is 0.817. The van der Waals surface area contributed by atoms with Crippen molar-refractivity contribution in [2.45, 2.75) is 13.2 Å². The number of methoxy groups -OCH3 is 1. The predicted octanol–water partition coefficient (Wildman–Crippen LogP) is -0.358. The first kappa shape index (κ1) is 15.9. The minimum atomic E-state index is -0.548. The van der Waals surface area contributed by atoms with Crippen molar-refractivity contribution in [1.29, 1.82) is 0 Å². The number of fused-ring (bicyclic) bond motifs is 2. The molecule has 0 saturated carbocycles. The van der Waals surface area contributed by atoms with Crippen LogP contribution in [0.15, 0.2) is 28.0 Å². The molecule has 1 aromatic heterocycles. The number of thiazole rings is 1. The van der Waals surface area contributed by atoms with Crippen LogP contribution in [0.3, 0.4) is 0 Å². The van der Waals surface area contributed by atoms with Gasteiger partial charge in [0.2, 0.25) is 6.79 Å². The zero-order chi connectivity index (χ0) is 17.4. The smallest absolute Gasteiger partial charge is 0.332 e. The van der Waals surface area contributed by atoms with Crippen molar-refractivity contribution in [2.24, 2.45) is 4.99 Å². The molecule has 2 aliphatic rings. The number of aromatic nitrogens is 1. The van der Waals surface area contributed by atoms with Gasteiger partial charge in [-0.15, -0.1) is 0 Å². The molecule has 25 heavy (non-hydrogen) atoms. The Morgan fingerprint density at radius 1 is 1.40 bits per heavy atom. The highest BCUT2D eigenvalue weighted by molar-refractivity contribution is 7.07. The summed E-state index contributed by atoms with van der Waals surface area (Å²) in [6.07, 6.45) is 1.20. The van der Waals surface area contributed by atoms with Gasteiger partial charge < -0.3 is 14.2 Å². The molecule has 0 bridgehead atoms. The molecule has 0 unspecified atom stereocenters. The molecule has 1 aromatic carbocycles. The number of ether oxygens (including phenoxy) is 3. The van der Waals surface area contributed by atoms with E-state index < -0.39 is 5.97 Å². The quantitative estimate of drug-likeness (QED) is 0.695. The molecule has 0 atom stereocenters. The molecule has 0 amide bonds. The summed E-state index contributed by atoms with van der Waals surface area (Å²) < 4.78 is 17.2. The van der Waals surface area contributed by atoms with Gasteiger partial charge in [0.15, 0.2) is 16.3 Å². The van der Waals surface area contributed by atoms with E-state index in [1.54, 1.807) is 4.57 Å². The van der Waals surface area contributed by atoms with Crippen LogP contribution < -0.4 is 24.4 Å². The standard InChI is InChI=1S/C16H15N3O5S/c1-22-14(20)5-13-15(21)19-8-18(7-17-16(19)25-13)6-10-2-3-11-12(4-10)24-9-23-11/h2-5H,6-9H2,1H3/b13-5-. The second-order valence-corrected chi connectivity index (χ2v) is 6.62. The first-order valence-electron chi connectivity index (χ1n) is 7.59. The summed E-state index contributed by atoms with van der Waals surface area (Å²) in [5.74, 6) is 0.926. The maximum Gasteiger partial charge on any atom is 0.332 e. The lowest BCUT2D eigenvalue weighted by Gasteiger charge is -2.23. The third-order valence-corrected chi connectivity index (χ3v) is 4.97. The molecule has 4 rings (SSSR count). The van der Waals surface area contributed by atoms with E-state index in [0.717, 1.165) is 17.1 Å². The SMILES string of the molecule is COC(=O)/C=c1\sc2n(c1=O)CN(Cc1ccc3c(c1)OCO3)CN=2. The molecule has 9 heteroatoms. The highest BCUT2D eigenvalue weighted by Gasteiger charge is 2.18. The van der Waals surface area contributed by atoms with Gasteiger partial charge in [0.25, 0.3) is 5.56 Å². The van der Waals surface area contributed by atoms with E-state index in [2.05, 4.69) is 9.73 Å². The van der Waals surface area contributed by atoms with Crippen LogP contribution in [-0.2, 0) is 22.7 Å². The average Bonchev–Trinajstić information content (AvgIpc) is 3.20. The number of rotatable bonds is 3. The van der Waals surface area contributed by atoms with Crippen molar-refractivity contribution in [1.82, 2.24) is 9.47 Å². The zero-order valence-corrected chi connectivity index (χ0v) is 14.2. The van der Waals surface area contributed by atoms with Crippen LogP contribution in [0, 0.1) is 0 Å². The second-order valence-electron chi connectivity index (χ2n) is 5.61. The molecule has 2 aromatic rings. The first-order valence-corrected chi connectivity index (χ1v) is 8.40. The van der Waals surface area contributed by atoms with E-state index in [-0.39, 0.29) is 12.4 Å². The summed E-state index contributed by atoms with van der Waals surface area (Å²) in [7, 11) is 1.28. The number of carbonyl (C=O) groups is 1. The Morgan fingerprint density at radius 3 is 3.08 bits per heavy atom. The van der Waals surface area contributed by atoms with Crippen LogP contribution in [-0.4, -0.2) is 36.0 Å². The summed E-state index contributed by atoms with van der Waals surface area (Å²) in [5, 5.41) is 0. The molecule has 0 aliphatic carbocycles. The fourth-order valence-electron chi connectivity index (χ4n) is 2.72. The molecular formula is C16H15N3O5S. The van der Waals surface area contributed by atoms with E-state index in [9.17, 15) is 9.59 Å². The van der Waals surface area contributed by atoms with Crippen molar-refractivity contribution < 1.29 is 19.0 Å². The zero-order valence-electron chi connectivity index (χ0n) is 13.4. The topological polar surface area (TPSA) is 82.4 Å². The van der Waals surface area contributed by atoms with Crippen molar-refractivity contribution >= 4 is 23.4 Å².